The molecule has 114 valence electrons. The van der Waals surface area contributed by atoms with E-state index in [9.17, 15) is 10.1 Å². The SMILES string of the molecule is CCOC(=O)C1=C(CCl)OC(N)=C(C#N)[C@H]1c1ccncc1. The largest absolute Gasteiger partial charge is 0.463 e. The van der Waals surface area contributed by atoms with E-state index in [0.29, 0.717) is 5.56 Å². The van der Waals surface area contributed by atoms with Crippen LogP contribution in [0.5, 0.6) is 0 Å². The van der Waals surface area contributed by atoms with Gasteiger partial charge in [-0.05, 0) is 24.6 Å². The lowest BCUT2D eigenvalue weighted by Crippen LogP contribution is -2.26. The third kappa shape index (κ3) is 2.90. The Morgan fingerprint density at radius 2 is 2.23 bits per heavy atom. The Morgan fingerprint density at radius 1 is 1.55 bits per heavy atom. The van der Waals surface area contributed by atoms with Gasteiger partial charge < -0.3 is 15.2 Å². The van der Waals surface area contributed by atoms with Gasteiger partial charge >= 0.3 is 5.97 Å². The fourth-order valence-corrected chi connectivity index (χ4v) is 2.44. The molecule has 2 N–H and O–H groups in total. The van der Waals surface area contributed by atoms with Crippen molar-refractivity contribution in [3.63, 3.8) is 0 Å². The first-order chi connectivity index (χ1) is 10.6. The van der Waals surface area contributed by atoms with Gasteiger partial charge in [0.25, 0.3) is 0 Å². The standard InChI is InChI=1S/C15H14ClN3O3/c1-2-21-15(20)13-11(7-16)22-14(18)10(8-17)12(13)9-3-5-19-6-4-9/h3-6,12H,2,7,18H2,1H3/t12-/m1/s1. The van der Waals surface area contributed by atoms with Crippen LogP contribution in [0.2, 0.25) is 0 Å². The number of carbonyl (C=O) groups is 1. The zero-order valence-corrected chi connectivity index (χ0v) is 12.6. The molecule has 0 bridgehead atoms. The zero-order chi connectivity index (χ0) is 16.1. The van der Waals surface area contributed by atoms with Gasteiger partial charge in [-0.2, -0.15) is 5.26 Å². The Labute approximate surface area is 132 Å². The summed E-state index contributed by atoms with van der Waals surface area (Å²) < 4.78 is 10.4. The van der Waals surface area contributed by atoms with E-state index in [-0.39, 0.29) is 35.3 Å². The van der Waals surface area contributed by atoms with E-state index in [2.05, 4.69) is 4.98 Å². The van der Waals surface area contributed by atoms with E-state index in [0.717, 1.165) is 0 Å². The molecule has 0 unspecified atom stereocenters. The molecule has 7 heteroatoms. The molecule has 0 spiro atoms. The van der Waals surface area contributed by atoms with Gasteiger partial charge in [0.2, 0.25) is 5.88 Å². The van der Waals surface area contributed by atoms with Crippen LogP contribution < -0.4 is 5.73 Å². The van der Waals surface area contributed by atoms with Gasteiger partial charge in [0.15, 0.2) is 0 Å². The van der Waals surface area contributed by atoms with E-state index >= 15 is 0 Å². The van der Waals surface area contributed by atoms with Crippen molar-refractivity contribution in [1.82, 2.24) is 4.98 Å². The maximum Gasteiger partial charge on any atom is 0.338 e. The summed E-state index contributed by atoms with van der Waals surface area (Å²) in [5, 5.41) is 9.39. The summed E-state index contributed by atoms with van der Waals surface area (Å²) in [7, 11) is 0. The van der Waals surface area contributed by atoms with Crippen LogP contribution in [-0.4, -0.2) is 23.4 Å². The Hall–Kier alpha value is -2.52. The summed E-state index contributed by atoms with van der Waals surface area (Å²) in [6.45, 7) is 1.89. The molecule has 0 aliphatic carbocycles. The fraction of sp³-hybridized carbons (Fsp3) is 0.267. The number of pyridine rings is 1. The molecule has 0 saturated heterocycles. The van der Waals surface area contributed by atoms with Crippen LogP contribution in [-0.2, 0) is 14.3 Å². The van der Waals surface area contributed by atoms with Gasteiger partial charge in [0.05, 0.1) is 24.0 Å². The van der Waals surface area contributed by atoms with Gasteiger partial charge in [0, 0.05) is 12.4 Å². The van der Waals surface area contributed by atoms with Gasteiger partial charge in [0.1, 0.15) is 17.4 Å². The van der Waals surface area contributed by atoms with Gasteiger partial charge in [-0.15, -0.1) is 11.6 Å². The number of nitriles is 1. The number of alkyl halides is 1. The Bertz CT molecular complexity index is 677. The second kappa shape index (κ2) is 6.96. The number of allylic oxidation sites excluding steroid dienone is 2. The van der Waals surface area contributed by atoms with Crippen LogP contribution in [0.15, 0.2) is 47.3 Å². The molecule has 0 aromatic carbocycles. The molecule has 22 heavy (non-hydrogen) atoms. The number of esters is 1. The summed E-state index contributed by atoms with van der Waals surface area (Å²) in [5.74, 6) is -1.20. The molecular weight excluding hydrogens is 306 g/mol. The molecule has 0 amide bonds. The summed E-state index contributed by atoms with van der Waals surface area (Å²) in [5.41, 5.74) is 6.81. The number of hydrogen-bond acceptors (Lipinski definition) is 6. The van der Waals surface area contributed by atoms with Crippen LogP contribution in [0.1, 0.15) is 18.4 Å². The van der Waals surface area contributed by atoms with Crippen LogP contribution >= 0.6 is 11.6 Å². The van der Waals surface area contributed by atoms with Crippen molar-refractivity contribution in [3.05, 3.63) is 52.9 Å². The summed E-state index contributed by atoms with van der Waals surface area (Å²) >= 11 is 5.86. The first-order valence-electron chi connectivity index (χ1n) is 6.57. The third-order valence-electron chi connectivity index (χ3n) is 3.15. The Morgan fingerprint density at radius 3 is 2.77 bits per heavy atom. The molecule has 1 aromatic heterocycles. The van der Waals surface area contributed by atoms with Gasteiger partial charge in [-0.3, -0.25) is 4.98 Å². The van der Waals surface area contributed by atoms with Gasteiger partial charge in [-0.1, -0.05) is 0 Å². The summed E-state index contributed by atoms with van der Waals surface area (Å²) in [6.07, 6.45) is 3.14. The van der Waals surface area contributed by atoms with Crippen molar-refractivity contribution in [2.75, 3.05) is 12.5 Å². The molecular formula is C15H14ClN3O3. The maximum atomic E-state index is 12.3. The third-order valence-corrected chi connectivity index (χ3v) is 3.40. The van der Waals surface area contributed by atoms with E-state index in [1.165, 1.54) is 0 Å². The van der Waals surface area contributed by atoms with Gasteiger partial charge in [-0.25, -0.2) is 4.79 Å². The highest BCUT2D eigenvalue weighted by molar-refractivity contribution is 6.19. The Kier molecular flexibility index (Phi) is 5.02. The number of aromatic nitrogens is 1. The molecule has 6 nitrogen and oxygen atoms in total. The summed E-state index contributed by atoms with van der Waals surface area (Å²) in [6, 6.07) is 5.40. The van der Waals surface area contributed by atoms with Crippen molar-refractivity contribution < 1.29 is 14.3 Å². The lowest BCUT2D eigenvalue weighted by atomic mass is 9.83. The molecule has 2 rings (SSSR count). The fourth-order valence-electron chi connectivity index (χ4n) is 2.24. The number of halogens is 1. The van der Waals surface area contributed by atoms with Crippen molar-refractivity contribution >= 4 is 17.6 Å². The molecule has 1 aromatic rings. The molecule has 2 heterocycles. The minimum absolute atomic E-state index is 0.0604. The predicted octanol–water partition coefficient (Wildman–Crippen LogP) is 1.95. The lowest BCUT2D eigenvalue weighted by molar-refractivity contribution is -0.139. The predicted molar refractivity (Wildman–Crippen MR) is 79.3 cm³/mol. The van der Waals surface area contributed by atoms with Crippen molar-refractivity contribution in [2.24, 2.45) is 5.73 Å². The molecule has 0 saturated carbocycles. The first-order valence-corrected chi connectivity index (χ1v) is 7.11. The van der Waals surface area contributed by atoms with Crippen LogP contribution in [0.4, 0.5) is 0 Å². The number of rotatable bonds is 4. The molecule has 1 atom stereocenters. The van der Waals surface area contributed by atoms with E-state index in [1.54, 1.807) is 31.5 Å². The smallest absolute Gasteiger partial charge is 0.338 e. The minimum Gasteiger partial charge on any atom is -0.463 e. The lowest BCUT2D eigenvalue weighted by Gasteiger charge is -2.27. The highest BCUT2D eigenvalue weighted by Crippen LogP contribution is 2.39. The Balaban J connectivity index is 2.62. The summed E-state index contributed by atoms with van der Waals surface area (Å²) in [4.78, 5) is 16.2. The van der Waals surface area contributed by atoms with E-state index < -0.39 is 11.9 Å². The second-order valence-corrected chi connectivity index (χ2v) is 4.66. The molecule has 1 aliphatic rings. The average Bonchev–Trinajstić information content (AvgIpc) is 2.54. The average molecular weight is 320 g/mol. The highest BCUT2D eigenvalue weighted by atomic mass is 35.5. The van der Waals surface area contributed by atoms with Crippen LogP contribution in [0.3, 0.4) is 0 Å². The number of nitrogens with two attached hydrogens (primary N) is 1. The normalized spacial score (nSPS) is 17.8. The van der Waals surface area contributed by atoms with E-state index in [4.69, 9.17) is 26.8 Å². The quantitative estimate of drug-likeness (QED) is 0.672. The number of carbonyl (C=O) groups excluding carboxylic acids is 1. The maximum absolute atomic E-state index is 12.3. The zero-order valence-electron chi connectivity index (χ0n) is 11.9. The van der Waals surface area contributed by atoms with Crippen molar-refractivity contribution in [2.45, 2.75) is 12.8 Å². The van der Waals surface area contributed by atoms with E-state index in [1.807, 2.05) is 6.07 Å². The number of ether oxygens (including phenoxy) is 2. The highest BCUT2D eigenvalue weighted by Gasteiger charge is 2.37. The molecule has 1 aliphatic heterocycles. The minimum atomic E-state index is -0.686. The molecule has 0 fully saturated rings. The number of hydrogen-bond donors (Lipinski definition) is 1. The molecule has 0 radical (unpaired) electrons. The monoisotopic (exact) mass is 319 g/mol. The van der Waals surface area contributed by atoms with Crippen molar-refractivity contribution in [3.8, 4) is 6.07 Å². The topological polar surface area (TPSA) is 98.2 Å². The van der Waals surface area contributed by atoms with Crippen LogP contribution in [0.25, 0.3) is 0 Å². The number of nitrogens with zero attached hydrogens (tertiary/aromatic N) is 2. The second-order valence-electron chi connectivity index (χ2n) is 4.40. The first kappa shape index (κ1) is 15.9. The van der Waals surface area contributed by atoms with Crippen molar-refractivity contribution in [1.29, 1.82) is 5.26 Å². The van der Waals surface area contributed by atoms with Crippen LogP contribution in [0, 0.1) is 11.3 Å².